The van der Waals surface area contributed by atoms with Crippen molar-refractivity contribution in [3.8, 4) is 0 Å². The number of piperidine rings is 1. The molecule has 2 heterocycles. The number of carbonyl (C=O) groups is 1. The Morgan fingerprint density at radius 1 is 1.53 bits per heavy atom. The quantitative estimate of drug-likeness (QED) is 0.811. The second-order valence-corrected chi connectivity index (χ2v) is 4.26. The van der Waals surface area contributed by atoms with Gasteiger partial charge in [0.25, 0.3) is 0 Å². The summed E-state index contributed by atoms with van der Waals surface area (Å²) in [6.07, 6.45) is 2.52. The van der Waals surface area contributed by atoms with Gasteiger partial charge in [0, 0.05) is 19.1 Å². The number of likely N-dealkylation sites (tertiary alicyclic amines) is 1. The van der Waals surface area contributed by atoms with E-state index in [1.54, 1.807) is 11.8 Å². The van der Waals surface area contributed by atoms with Crippen molar-refractivity contribution < 1.29 is 9.53 Å². The van der Waals surface area contributed by atoms with Crippen molar-refractivity contribution in [2.45, 2.75) is 25.8 Å². The number of amides is 1. The summed E-state index contributed by atoms with van der Waals surface area (Å²) in [5.74, 6) is 0.412. The molecule has 0 radical (unpaired) electrons. The van der Waals surface area contributed by atoms with Crippen LogP contribution in [-0.2, 0) is 4.74 Å². The van der Waals surface area contributed by atoms with Crippen LogP contribution in [0.5, 0.6) is 0 Å². The van der Waals surface area contributed by atoms with Gasteiger partial charge < -0.3 is 15.0 Å². The van der Waals surface area contributed by atoms with Gasteiger partial charge in [0.1, 0.15) is 6.33 Å². The average Bonchev–Trinajstić information content (AvgIpc) is 2.40. The number of hydrogen-bond acceptors (Lipinski definition) is 6. The molecule has 0 aliphatic carbocycles. The smallest absolute Gasteiger partial charge is 0.409 e. The summed E-state index contributed by atoms with van der Waals surface area (Å²) in [4.78, 5) is 34.1. The SMILES string of the molecule is CCOC(=O)N1CCC(Nc2ncnc(=O)[nH]2)CC1. The molecular weight excluding hydrogens is 250 g/mol. The van der Waals surface area contributed by atoms with Crippen molar-refractivity contribution in [3.05, 3.63) is 16.8 Å². The van der Waals surface area contributed by atoms with Crippen LogP contribution in [0.3, 0.4) is 0 Å². The third-order valence-corrected chi connectivity index (χ3v) is 2.95. The molecule has 8 heteroatoms. The fraction of sp³-hybridized carbons (Fsp3) is 0.636. The van der Waals surface area contributed by atoms with E-state index in [2.05, 4.69) is 20.3 Å². The van der Waals surface area contributed by atoms with Crippen LogP contribution in [0.25, 0.3) is 0 Å². The maximum atomic E-state index is 11.5. The van der Waals surface area contributed by atoms with Crippen molar-refractivity contribution >= 4 is 12.0 Å². The highest BCUT2D eigenvalue weighted by Crippen LogP contribution is 2.14. The molecule has 0 spiro atoms. The van der Waals surface area contributed by atoms with Crippen molar-refractivity contribution in [3.63, 3.8) is 0 Å². The lowest BCUT2D eigenvalue weighted by molar-refractivity contribution is 0.0983. The normalized spacial score (nSPS) is 16.2. The van der Waals surface area contributed by atoms with Gasteiger partial charge in [-0.1, -0.05) is 0 Å². The van der Waals surface area contributed by atoms with Crippen LogP contribution in [0.4, 0.5) is 10.7 Å². The van der Waals surface area contributed by atoms with Gasteiger partial charge in [-0.05, 0) is 19.8 Å². The molecule has 19 heavy (non-hydrogen) atoms. The Kier molecular flexibility index (Phi) is 4.32. The maximum Gasteiger partial charge on any atom is 0.409 e. The number of ether oxygens (including phenoxy) is 1. The van der Waals surface area contributed by atoms with Crippen molar-refractivity contribution in [1.29, 1.82) is 0 Å². The van der Waals surface area contributed by atoms with Gasteiger partial charge in [-0.3, -0.25) is 4.98 Å². The molecule has 1 aromatic heterocycles. The minimum atomic E-state index is -0.429. The molecule has 0 aromatic carbocycles. The van der Waals surface area contributed by atoms with Gasteiger partial charge in [0.15, 0.2) is 0 Å². The Labute approximate surface area is 110 Å². The van der Waals surface area contributed by atoms with E-state index in [-0.39, 0.29) is 12.1 Å². The summed E-state index contributed by atoms with van der Waals surface area (Å²) in [6, 6.07) is 0.177. The third-order valence-electron chi connectivity index (χ3n) is 2.95. The molecule has 1 aliphatic rings. The molecule has 0 atom stereocenters. The lowest BCUT2D eigenvalue weighted by Crippen LogP contribution is -2.43. The lowest BCUT2D eigenvalue weighted by atomic mass is 10.1. The Balaban J connectivity index is 1.83. The molecule has 0 unspecified atom stereocenters. The van der Waals surface area contributed by atoms with E-state index in [9.17, 15) is 9.59 Å². The van der Waals surface area contributed by atoms with Crippen LogP contribution in [-0.4, -0.2) is 51.7 Å². The number of aromatic nitrogens is 3. The molecule has 1 fully saturated rings. The number of H-pyrrole nitrogens is 1. The minimum Gasteiger partial charge on any atom is -0.450 e. The molecule has 2 rings (SSSR count). The van der Waals surface area contributed by atoms with Gasteiger partial charge in [0.05, 0.1) is 6.61 Å². The van der Waals surface area contributed by atoms with E-state index in [4.69, 9.17) is 4.74 Å². The fourth-order valence-corrected chi connectivity index (χ4v) is 1.99. The lowest BCUT2D eigenvalue weighted by Gasteiger charge is -2.31. The Bertz CT molecular complexity index is 481. The number of nitrogens with zero attached hydrogens (tertiary/aromatic N) is 3. The topological polar surface area (TPSA) is 100 Å². The zero-order valence-electron chi connectivity index (χ0n) is 10.8. The van der Waals surface area contributed by atoms with Crippen molar-refractivity contribution in [2.24, 2.45) is 0 Å². The number of anilines is 1. The fourth-order valence-electron chi connectivity index (χ4n) is 1.99. The van der Waals surface area contributed by atoms with E-state index in [1.807, 2.05) is 0 Å². The summed E-state index contributed by atoms with van der Waals surface area (Å²) in [6.45, 7) is 3.44. The minimum absolute atomic E-state index is 0.177. The highest BCUT2D eigenvalue weighted by molar-refractivity contribution is 5.67. The van der Waals surface area contributed by atoms with Gasteiger partial charge >= 0.3 is 11.8 Å². The van der Waals surface area contributed by atoms with Crippen LogP contribution < -0.4 is 11.0 Å². The molecule has 1 saturated heterocycles. The van der Waals surface area contributed by atoms with Gasteiger partial charge in [0.2, 0.25) is 5.95 Å². The van der Waals surface area contributed by atoms with Crippen LogP contribution in [0, 0.1) is 0 Å². The first-order valence-corrected chi connectivity index (χ1v) is 6.28. The number of nitrogens with one attached hydrogen (secondary N) is 2. The molecule has 1 amide bonds. The van der Waals surface area contributed by atoms with Crippen LogP contribution in [0.1, 0.15) is 19.8 Å². The van der Waals surface area contributed by atoms with Crippen LogP contribution in [0.15, 0.2) is 11.1 Å². The second-order valence-electron chi connectivity index (χ2n) is 4.26. The first-order valence-electron chi connectivity index (χ1n) is 6.28. The van der Waals surface area contributed by atoms with Gasteiger partial charge in [-0.25, -0.2) is 14.6 Å². The van der Waals surface area contributed by atoms with E-state index in [0.29, 0.717) is 25.6 Å². The molecule has 1 aliphatic heterocycles. The van der Waals surface area contributed by atoms with Crippen molar-refractivity contribution in [1.82, 2.24) is 19.9 Å². The second kappa shape index (κ2) is 6.17. The summed E-state index contributed by atoms with van der Waals surface area (Å²) >= 11 is 0. The van der Waals surface area contributed by atoms with Crippen LogP contribution >= 0.6 is 0 Å². The zero-order chi connectivity index (χ0) is 13.7. The first kappa shape index (κ1) is 13.3. The monoisotopic (exact) mass is 267 g/mol. The Morgan fingerprint density at radius 3 is 2.89 bits per heavy atom. The van der Waals surface area contributed by atoms with E-state index < -0.39 is 5.69 Å². The standard InChI is InChI=1S/C11H17N5O3/c1-2-19-11(18)16-5-3-8(4-6-16)14-9-12-7-13-10(17)15-9/h7-8H,2-6H2,1H3,(H2,12,13,14,15,17). The van der Waals surface area contributed by atoms with Crippen molar-refractivity contribution in [2.75, 3.05) is 25.0 Å². The third kappa shape index (κ3) is 3.67. The molecule has 104 valence electrons. The van der Waals surface area contributed by atoms with Crippen LogP contribution in [0.2, 0.25) is 0 Å². The molecule has 8 nitrogen and oxygen atoms in total. The highest BCUT2D eigenvalue weighted by Gasteiger charge is 2.23. The van der Waals surface area contributed by atoms with Gasteiger partial charge in [-0.15, -0.1) is 0 Å². The molecule has 2 N–H and O–H groups in total. The average molecular weight is 267 g/mol. The predicted molar refractivity (Wildman–Crippen MR) is 67.9 cm³/mol. The molecular formula is C11H17N5O3. The highest BCUT2D eigenvalue weighted by atomic mass is 16.6. The summed E-state index contributed by atoms with van der Waals surface area (Å²) < 4.78 is 4.95. The molecule has 0 saturated carbocycles. The maximum absolute atomic E-state index is 11.5. The molecule has 0 bridgehead atoms. The number of carbonyl (C=O) groups excluding carboxylic acids is 1. The van der Waals surface area contributed by atoms with E-state index in [0.717, 1.165) is 12.8 Å². The number of aromatic amines is 1. The molecule has 1 aromatic rings. The van der Waals surface area contributed by atoms with Gasteiger partial charge in [-0.2, -0.15) is 4.98 Å². The number of rotatable bonds is 3. The first-order chi connectivity index (χ1) is 9.19. The Morgan fingerprint density at radius 2 is 2.26 bits per heavy atom. The zero-order valence-corrected chi connectivity index (χ0v) is 10.8. The summed E-state index contributed by atoms with van der Waals surface area (Å²) in [5.41, 5.74) is -0.429. The predicted octanol–water partition coefficient (Wildman–Crippen LogP) is 0.198. The summed E-state index contributed by atoms with van der Waals surface area (Å²) in [5, 5.41) is 3.13. The van der Waals surface area contributed by atoms with E-state index >= 15 is 0 Å². The van der Waals surface area contributed by atoms with E-state index in [1.165, 1.54) is 6.33 Å². The summed E-state index contributed by atoms with van der Waals surface area (Å²) in [7, 11) is 0. The Hall–Kier alpha value is -2.12. The largest absolute Gasteiger partial charge is 0.450 e. The number of hydrogen-bond donors (Lipinski definition) is 2.